The van der Waals surface area contributed by atoms with Crippen molar-refractivity contribution in [3.05, 3.63) is 35.4 Å². The van der Waals surface area contributed by atoms with Crippen molar-refractivity contribution in [3.63, 3.8) is 0 Å². The largest absolute Gasteiger partial charge is 0.345 e. The molecule has 0 bridgehead atoms. The average molecular weight is 213 g/mol. The summed E-state index contributed by atoms with van der Waals surface area (Å²) >= 11 is 0. The van der Waals surface area contributed by atoms with Crippen LogP contribution in [0.4, 0.5) is 0 Å². The zero-order valence-corrected chi connectivity index (χ0v) is 8.45. The van der Waals surface area contributed by atoms with Crippen molar-refractivity contribution in [2.45, 2.75) is 18.1 Å². The van der Waals surface area contributed by atoms with Crippen LogP contribution in [0.3, 0.4) is 0 Å². The third-order valence-electron chi connectivity index (χ3n) is 2.69. The van der Waals surface area contributed by atoms with E-state index in [-0.39, 0.29) is 12.8 Å². The van der Waals surface area contributed by atoms with Gasteiger partial charge in [-0.15, -0.1) is 0 Å². The number of hydrogen-bond acceptors (Lipinski definition) is 2. The third kappa shape index (κ3) is 1.41. The van der Waals surface area contributed by atoms with Crippen LogP contribution in [0.1, 0.15) is 11.1 Å². The summed E-state index contributed by atoms with van der Waals surface area (Å²) in [5.74, 6) is 0. The predicted molar refractivity (Wildman–Crippen MR) is 52.8 cm³/mol. The van der Waals surface area contributed by atoms with Gasteiger partial charge in [0.05, 0.1) is 0 Å². The van der Waals surface area contributed by atoms with Gasteiger partial charge in [-0.2, -0.15) is 0 Å². The molecule has 0 fully saturated rings. The van der Waals surface area contributed by atoms with Crippen molar-refractivity contribution in [2.24, 2.45) is 5.73 Å². The highest BCUT2D eigenvalue weighted by atomic mass is 31.2. The standard InChI is InChI=1S/C9H12NO3P/c10-9(14(11,12)13)5-7-3-1-2-4-8(7)6-9/h1-4H,5-6,10H2,(H2,11,12,13). The number of benzene rings is 1. The van der Waals surface area contributed by atoms with E-state index in [0.717, 1.165) is 11.1 Å². The maximum Gasteiger partial charge on any atom is 0.345 e. The van der Waals surface area contributed by atoms with Gasteiger partial charge in [0, 0.05) is 12.8 Å². The molecule has 0 amide bonds. The van der Waals surface area contributed by atoms with E-state index in [1.54, 1.807) is 0 Å². The first kappa shape index (κ1) is 9.87. The van der Waals surface area contributed by atoms with E-state index in [2.05, 4.69) is 0 Å². The average Bonchev–Trinajstić information content (AvgIpc) is 2.40. The third-order valence-corrected chi connectivity index (χ3v) is 4.17. The van der Waals surface area contributed by atoms with E-state index in [9.17, 15) is 4.57 Å². The Morgan fingerprint density at radius 3 is 2.00 bits per heavy atom. The van der Waals surface area contributed by atoms with E-state index in [1.807, 2.05) is 24.3 Å². The molecule has 0 atom stereocenters. The fourth-order valence-electron chi connectivity index (χ4n) is 1.83. The van der Waals surface area contributed by atoms with Gasteiger partial charge in [-0.25, -0.2) is 0 Å². The molecule has 0 heterocycles. The first-order valence-electron chi connectivity index (χ1n) is 4.34. The highest BCUT2D eigenvalue weighted by Crippen LogP contribution is 2.53. The molecule has 0 aliphatic heterocycles. The van der Waals surface area contributed by atoms with E-state index in [4.69, 9.17) is 15.5 Å². The van der Waals surface area contributed by atoms with Crippen LogP contribution in [0.15, 0.2) is 24.3 Å². The summed E-state index contributed by atoms with van der Waals surface area (Å²) in [6, 6.07) is 7.42. The fourth-order valence-corrected chi connectivity index (χ4v) is 2.58. The molecule has 76 valence electrons. The number of nitrogens with two attached hydrogens (primary N) is 1. The zero-order chi connectivity index (χ0) is 10.4. The van der Waals surface area contributed by atoms with E-state index < -0.39 is 12.9 Å². The van der Waals surface area contributed by atoms with Gasteiger partial charge in [0.15, 0.2) is 0 Å². The van der Waals surface area contributed by atoms with Crippen LogP contribution in [-0.2, 0) is 17.4 Å². The molecular weight excluding hydrogens is 201 g/mol. The SMILES string of the molecule is NC1(P(=O)(O)O)Cc2ccccc2C1. The molecule has 4 N–H and O–H groups in total. The van der Waals surface area contributed by atoms with Gasteiger partial charge >= 0.3 is 7.60 Å². The Labute approximate surface area is 81.9 Å². The molecule has 1 aliphatic carbocycles. The van der Waals surface area contributed by atoms with Crippen molar-refractivity contribution >= 4 is 7.60 Å². The zero-order valence-electron chi connectivity index (χ0n) is 7.55. The van der Waals surface area contributed by atoms with Crippen LogP contribution in [0.25, 0.3) is 0 Å². The van der Waals surface area contributed by atoms with Crippen molar-refractivity contribution in [2.75, 3.05) is 0 Å². The van der Waals surface area contributed by atoms with E-state index in [0.29, 0.717) is 0 Å². The van der Waals surface area contributed by atoms with Crippen molar-refractivity contribution in [3.8, 4) is 0 Å². The van der Waals surface area contributed by atoms with E-state index >= 15 is 0 Å². The summed E-state index contributed by atoms with van der Waals surface area (Å²) in [7, 11) is -4.23. The molecule has 0 saturated heterocycles. The minimum Gasteiger partial charge on any atom is -0.323 e. The summed E-state index contributed by atoms with van der Waals surface area (Å²) in [4.78, 5) is 18.3. The second-order valence-electron chi connectivity index (χ2n) is 3.77. The maximum atomic E-state index is 11.2. The van der Waals surface area contributed by atoms with Crippen LogP contribution >= 0.6 is 7.60 Å². The summed E-state index contributed by atoms with van der Waals surface area (Å²) in [6.45, 7) is 0. The Morgan fingerprint density at radius 1 is 1.21 bits per heavy atom. The highest BCUT2D eigenvalue weighted by molar-refractivity contribution is 7.53. The maximum absolute atomic E-state index is 11.2. The molecule has 0 spiro atoms. The lowest BCUT2D eigenvalue weighted by Gasteiger charge is -2.24. The summed E-state index contributed by atoms with van der Waals surface area (Å²) in [5.41, 5.74) is 7.61. The van der Waals surface area contributed by atoms with Gasteiger partial charge < -0.3 is 15.5 Å². The van der Waals surface area contributed by atoms with Crippen LogP contribution in [-0.4, -0.2) is 15.1 Å². The molecule has 4 nitrogen and oxygen atoms in total. The lowest BCUT2D eigenvalue weighted by Crippen LogP contribution is -2.40. The van der Waals surface area contributed by atoms with Crippen molar-refractivity contribution in [1.82, 2.24) is 0 Å². The number of rotatable bonds is 1. The van der Waals surface area contributed by atoms with Crippen LogP contribution in [0.5, 0.6) is 0 Å². The summed E-state index contributed by atoms with van der Waals surface area (Å²) in [5, 5.41) is -1.39. The normalized spacial score (nSPS) is 19.4. The Balaban J connectivity index is 2.40. The van der Waals surface area contributed by atoms with Gasteiger partial charge in [-0.1, -0.05) is 24.3 Å². The molecule has 5 heteroatoms. The van der Waals surface area contributed by atoms with Crippen LogP contribution in [0, 0.1) is 0 Å². The molecular formula is C9H12NO3P. The van der Waals surface area contributed by atoms with Crippen LogP contribution < -0.4 is 5.73 Å². The van der Waals surface area contributed by atoms with Gasteiger partial charge in [0.25, 0.3) is 0 Å². The second-order valence-corrected chi connectivity index (χ2v) is 5.75. The Morgan fingerprint density at radius 2 is 1.64 bits per heavy atom. The van der Waals surface area contributed by atoms with Gasteiger partial charge in [-0.05, 0) is 11.1 Å². The Kier molecular flexibility index (Phi) is 2.05. The topological polar surface area (TPSA) is 83.6 Å². The predicted octanol–water partition coefficient (Wildman–Crippen LogP) is 0.618. The molecule has 0 aromatic heterocycles. The lowest BCUT2D eigenvalue weighted by atomic mass is 10.1. The van der Waals surface area contributed by atoms with Crippen molar-refractivity contribution in [1.29, 1.82) is 0 Å². The quantitative estimate of drug-likeness (QED) is 0.597. The monoisotopic (exact) mass is 213 g/mol. The molecule has 0 radical (unpaired) electrons. The fraction of sp³-hybridized carbons (Fsp3) is 0.333. The first-order chi connectivity index (χ1) is 6.42. The molecule has 14 heavy (non-hydrogen) atoms. The van der Waals surface area contributed by atoms with Crippen molar-refractivity contribution < 1.29 is 14.4 Å². The summed E-state index contributed by atoms with van der Waals surface area (Å²) < 4.78 is 11.2. The molecule has 0 saturated carbocycles. The minimum absolute atomic E-state index is 0.257. The number of hydrogen-bond donors (Lipinski definition) is 3. The summed E-state index contributed by atoms with van der Waals surface area (Å²) in [6.07, 6.45) is 0.515. The molecule has 1 aromatic rings. The Bertz CT molecular complexity index is 387. The first-order valence-corrected chi connectivity index (χ1v) is 5.95. The van der Waals surface area contributed by atoms with Gasteiger partial charge in [-0.3, -0.25) is 4.57 Å². The van der Waals surface area contributed by atoms with E-state index in [1.165, 1.54) is 0 Å². The van der Waals surface area contributed by atoms with Gasteiger partial charge in [0.1, 0.15) is 5.28 Å². The molecule has 2 rings (SSSR count). The molecule has 1 aliphatic rings. The second kappa shape index (κ2) is 2.91. The van der Waals surface area contributed by atoms with Gasteiger partial charge in [0.2, 0.25) is 0 Å². The molecule has 0 unspecified atom stereocenters. The molecule has 1 aromatic carbocycles. The Hall–Kier alpha value is -0.670. The highest BCUT2D eigenvalue weighted by Gasteiger charge is 2.47. The lowest BCUT2D eigenvalue weighted by molar-refractivity contribution is 0.327. The number of fused-ring (bicyclic) bond motifs is 1. The minimum atomic E-state index is -4.23. The van der Waals surface area contributed by atoms with Crippen LogP contribution in [0.2, 0.25) is 0 Å². The smallest absolute Gasteiger partial charge is 0.323 e.